The minimum atomic E-state index is -3.69. The third-order valence-corrected chi connectivity index (χ3v) is 6.83. The normalized spacial score (nSPS) is 21.3. The molecule has 0 radical (unpaired) electrons. The summed E-state index contributed by atoms with van der Waals surface area (Å²) in [6.45, 7) is 2.29. The molecule has 1 aromatic carbocycles. The molecule has 1 saturated carbocycles. The van der Waals surface area contributed by atoms with Crippen LogP contribution < -0.4 is 15.2 Å². The van der Waals surface area contributed by atoms with Crippen LogP contribution in [-0.2, 0) is 26.0 Å². The number of esters is 1. The second-order valence-corrected chi connectivity index (χ2v) is 8.91. The maximum Gasteiger partial charge on any atom is 0.347 e. The van der Waals surface area contributed by atoms with Gasteiger partial charge in [0.05, 0.1) is 11.5 Å². The van der Waals surface area contributed by atoms with Gasteiger partial charge in [-0.1, -0.05) is 19.3 Å². The monoisotopic (exact) mass is 396 g/mol. The summed E-state index contributed by atoms with van der Waals surface area (Å²) < 4.78 is 39.1. The van der Waals surface area contributed by atoms with Gasteiger partial charge in [-0.3, -0.25) is 0 Å². The van der Waals surface area contributed by atoms with Gasteiger partial charge >= 0.3 is 5.97 Å². The standard InChI is InChI=1S/C19H28N2O5S/c1-2-25-19(22)18-11-14-10-15(8-9-17(14)26-18)27(23,24)21-16(12-20)13-6-4-3-5-7-13/h8-10,13,16,18,21H,2-7,11-12,20H2,1H3. The Bertz CT molecular complexity index is 774. The van der Waals surface area contributed by atoms with Crippen molar-refractivity contribution in [2.45, 2.75) is 62.5 Å². The Labute approximate surface area is 160 Å². The summed E-state index contributed by atoms with van der Waals surface area (Å²) in [6.07, 6.45) is 5.04. The van der Waals surface area contributed by atoms with E-state index in [1.807, 2.05) is 0 Å². The molecular weight excluding hydrogens is 368 g/mol. The molecule has 0 aromatic heterocycles. The van der Waals surface area contributed by atoms with Crippen LogP contribution in [0, 0.1) is 5.92 Å². The van der Waals surface area contributed by atoms with Crippen LogP contribution in [0.25, 0.3) is 0 Å². The Balaban J connectivity index is 1.73. The number of nitrogens with one attached hydrogen (secondary N) is 1. The van der Waals surface area contributed by atoms with Crippen molar-refractivity contribution in [3.63, 3.8) is 0 Å². The third-order valence-electron chi connectivity index (χ3n) is 5.35. The number of sulfonamides is 1. The average Bonchev–Trinajstić information content (AvgIpc) is 3.10. The molecule has 0 spiro atoms. The first kappa shape index (κ1) is 20.1. The third kappa shape index (κ3) is 4.62. The zero-order valence-corrected chi connectivity index (χ0v) is 16.5. The lowest BCUT2D eigenvalue weighted by Crippen LogP contribution is -2.45. The van der Waals surface area contributed by atoms with E-state index in [0.717, 1.165) is 25.7 Å². The van der Waals surface area contributed by atoms with Crippen molar-refractivity contribution < 1.29 is 22.7 Å². The molecule has 1 fully saturated rings. The number of carbonyl (C=O) groups is 1. The van der Waals surface area contributed by atoms with Crippen molar-refractivity contribution in [2.75, 3.05) is 13.2 Å². The summed E-state index contributed by atoms with van der Waals surface area (Å²) in [7, 11) is -3.69. The fourth-order valence-corrected chi connectivity index (χ4v) is 5.27. The van der Waals surface area contributed by atoms with Crippen LogP contribution in [0.5, 0.6) is 5.75 Å². The fraction of sp³-hybridized carbons (Fsp3) is 0.632. The van der Waals surface area contributed by atoms with Gasteiger partial charge in [-0.15, -0.1) is 0 Å². The summed E-state index contributed by atoms with van der Waals surface area (Å²) in [6, 6.07) is 4.42. The zero-order valence-electron chi connectivity index (χ0n) is 15.6. The molecule has 150 valence electrons. The highest BCUT2D eigenvalue weighted by Gasteiger charge is 2.32. The van der Waals surface area contributed by atoms with E-state index in [1.54, 1.807) is 19.1 Å². The fourth-order valence-electron chi connectivity index (χ4n) is 3.90. The molecule has 1 heterocycles. The smallest absolute Gasteiger partial charge is 0.347 e. The number of hydrogen-bond acceptors (Lipinski definition) is 6. The lowest BCUT2D eigenvalue weighted by atomic mass is 9.84. The number of nitrogens with two attached hydrogens (primary N) is 1. The number of rotatable bonds is 7. The van der Waals surface area contributed by atoms with E-state index < -0.39 is 22.1 Å². The molecule has 1 aliphatic heterocycles. The van der Waals surface area contributed by atoms with Crippen LogP contribution in [0.15, 0.2) is 23.1 Å². The minimum Gasteiger partial charge on any atom is -0.478 e. The molecule has 3 N–H and O–H groups in total. The Morgan fingerprint density at radius 3 is 2.74 bits per heavy atom. The molecule has 0 amide bonds. The first-order valence-electron chi connectivity index (χ1n) is 9.63. The summed E-state index contributed by atoms with van der Waals surface area (Å²) >= 11 is 0. The van der Waals surface area contributed by atoms with E-state index in [9.17, 15) is 13.2 Å². The van der Waals surface area contributed by atoms with Crippen LogP contribution in [-0.4, -0.2) is 39.7 Å². The van der Waals surface area contributed by atoms with Crippen LogP contribution in [0.3, 0.4) is 0 Å². The molecule has 1 aliphatic carbocycles. The number of fused-ring (bicyclic) bond motifs is 1. The summed E-state index contributed by atoms with van der Waals surface area (Å²) in [4.78, 5) is 12.0. The van der Waals surface area contributed by atoms with Crippen molar-refractivity contribution in [1.29, 1.82) is 0 Å². The topological polar surface area (TPSA) is 108 Å². The Kier molecular flexibility index (Phi) is 6.39. The SMILES string of the molecule is CCOC(=O)C1Cc2cc(S(=O)(=O)NC(CN)C3CCCCC3)ccc2O1. The van der Waals surface area contributed by atoms with E-state index >= 15 is 0 Å². The predicted octanol–water partition coefficient (Wildman–Crippen LogP) is 1.74. The Morgan fingerprint density at radius 1 is 1.33 bits per heavy atom. The van der Waals surface area contributed by atoms with E-state index in [1.165, 1.54) is 12.5 Å². The summed E-state index contributed by atoms with van der Waals surface area (Å²) in [5, 5.41) is 0. The molecule has 3 rings (SSSR count). The lowest BCUT2D eigenvalue weighted by molar-refractivity contribution is -0.150. The van der Waals surface area contributed by atoms with Gasteiger partial charge in [-0.25, -0.2) is 17.9 Å². The van der Waals surface area contributed by atoms with Crippen LogP contribution in [0.2, 0.25) is 0 Å². The summed E-state index contributed by atoms with van der Waals surface area (Å²) in [5.41, 5.74) is 6.55. The number of benzene rings is 1. The van der Waals surface area contributed by atoms with E-state index in [2.05, 4.69) is 4.72 Å². The van der Waals surface area contributed by atoms with E-state index in [-0.39, 0.29) is 30.0 Å². The van der Waals surface area contributed by atoms with E-state index in [4.69, 9.17) is 15.2 Å². The molecule has 0 saturated heterocycles. The van der Waals surface area contributed by atoms with Gasteiger partial charge in [0.15, 0.2) is 6.10 Å². The number of ether oxygens (including phenoxy) is 2. The van der Waals surface area contributed by atoms with Crippen LogP contribution in [0.1, 0.15) is 44.6 Å². The van der Waals surface area contributed by atoms with Gasteiger partial charge < -0.3 is 15.2 Å². The molecule has 1 aromatic rings. The first-order chi connectivity index (χ1) is 12.9. The van der Waals surface area contributed by atoms with Gasteiger partial charge in [0, 0.05) is 19.0 Å². The Morgan fingerprint density at radius 2 is 2.07 bits per heavy atom. The molecule has 2 unspecified atom stereocenters. The van der Waals surface area contributed by atoms with Crippen molar-refractivity contribution in [1.82, 2.24) is 4.72 Å². The molecule has 7 nitrogen and oxygen atoms in total. The van der Waals surface area contributed by atoms with Crippen molar-refractivity contribution in [3.05, 3.63) is 23.8 Å². The maximum atomic E-state index is 12.9. The van der Waals surface area contributed by atoms with E-state index in [0.29, 0.717) is 17.7 Å². The summed E-state index contributed by atoms with van der Waals surface area (Å²) in [5.74, 6) is 0.371. The van der Waals surface area contributed by atoms with Gasteiger partial charge in [0.25, 0.3) is 0 Å². The zero-order chi connectivity index (χ0) is 19.4. The van der Waals surface area contributed by atoms with Crippen molar-refractivity contribution in [3.8, 4) is 5.75 Å². The molecule has 27 heavy (non-hydrogen) atoms. The Hall–Kier alpha value is -1.64. The highest BCUT2D eigenvalue weighted by molar-refractivity contribution is 7.89. The number of carbonyl (C=O) groups excluding carboxylic acids is 1. The predicted molar refractivity (Wildman–Crippen MR) is 101 cm³/mol. The largest absolute Gasteiger partial charge is 0.478 e. The minimum absolute atomic E-state index is 0.170. The van der Waals surface area contributed by atoms with Gasteiger partial charge in [0.2, 0.25) is 10.0 Å². The van der Waals surface area contributed by atoms with Gasteiger partial charge in [0.1, 0.15) is 5.75 Å². The van der Waals surface area contributed by atoms with Crippen LogP contribution in [0.4, 0.5) is 0 Å². The van der Waals surface area contributed by atoms with Crippen molar-refractivity contribution in [2.24, 2.45) is 11.7 Å². The molecule has 2 aliphatic rings. The molecule has 2 atom stereocenters. The van der Waals surface area contributed by atoms with Gasteiger partial charge in [-0.05, 0) is 49.4 Å². The first-order valence-corrected chi connectivity index (χ1v) is 11.1. The second kappa shape index (κ2) is 8.58. The maximum absolute atomic E-state index is 12.9. The lowest BCUT2D eigenvalue weighted by Gasteiger charge is -2.29. The average molecular weight is 397 g/mol. The molecule has 0 bridgehead atoms. The number of hydrogen-bond donors (Lipinski definition) is 2. The quantitative estimate of drug-likeness (QED) is 0.680. The van der Waals surface area contributed by atoms with Crippen LogP contribution >= 0.6 is 0 Å². The molecular formula is C19H28N2O5S. The highest BCUT2D eigenvalue weighted by Crippen LogP contribution is 2.32. The van der Waals surface area contributed by atoms with Gasteiger partial charge in [-0.2, -0.15) is 0 Å². The second-order valence-electron chi connectivity index (χ2n) is 7.19. The van der Waals surface area contributed by atoms with Crippen molar-refractivity contribution >= 4 is 16.0 Å². The molecule has 8 heteroatoms. The highest BCUT2D eigenvalue weighted by atomic mass is 32.2.